The number of amides is 2. The average molecular weight is 542 g/mol. The number of ether oxygens (including phenoxy) is 1. The fourth-order valence-electron chi connectivity index (χ4n) is 5.84. The number of carbonyl (C=O) groups is 3. The Morgan fingerprint density at radius 3 is 2.25 bits per heavy atom. The zero-order chi connectivity index (χ0) is 28.1. The van der Waals surface area contributed by atoms with Crippen LogP contribution in [0.3, 0.4) is 0 Å². The summed E-state index contributed by atoms with van der Waals surface area (Å²) in [5.41, 5.74) is 5.59. The number of rotatable bonds is 9. The molecule has 1 aliphatic heterocycles. The molecule has 3 aromatic carbocycles. The summed E-state index contributed by atoms with van der Waals surface area (Å²) < 4.78 is 5.73. The van der Waals surface area contributed by atoms with Gasteiger partial charge in [0.15, 0.2) is 0 Å². The molecule has 0 bridgehead atoms. The van der Waals surface area contributed by atoms with Gasteiger partial charge in [-0.2, -0.15) is 0 Å². The number of likely N-dealkylation sites (tertiary alicyclic amines) is 1. The summed E-state index contributed by atoms with van der Waals surface area (Å²) in [5.74, 6) is -1.89. The average Bonchev–Trinajstić information content (AvgIpc) is 3.29. The normalized spacial score (nSPS) is 17.1. The third-order valence-electron chi connectivity index (χ3n) is 7.81. The molecule has 8 nitrogen and oxygen atoms in total. The number of carbonyl (C=O) groups excluding carboxylic acids is 2. The van der Waals surface area contributed by atoms with Crippen molar-refractivity contribution in [2.45, 2.75) is 31.3 Å². The molecule has 0 saturated carbocycles. The van der Waals surface area contributed by atoms with Crippen molar-refractivity contribution in [3.8, 4) is 11.1 Å². The van der Waals surface area contributed by atoms with Gasteiger partial charge in [-0.15, -0.1) is 0 Å². The Kier molecular flexibility index (Phi) is 8.45. The van der Waals surface area contributed by atoms with Crippen molar-refractivity contribution in [3.05, 3.63) is 95.6 Å². The van der Waals surface area contributed by atoms with Crippen LogP contribution in [0.2, 0.25) is 0 Å². The van der Waals surface area contributed by atoms with Crippen molar-refractivity contribution in [1.82, 2.24) is 15.1 Å². The first kappa shape index (κ1) is 27.4. The second kappa shape index (κ2) is 12.3. The molecule has 2 aliphatic rings. The molecule has 208 valence electrons. The molecule has 1 heterocycles. The maximum Gasteiger partial charge on any atom is 0.407 e. The van der Waals surface area contributed by atoms with E-state index in [0.717, 1.165) is 27.8 Å². The number of carboxylic acid groups (broad SMARTS) is 1. The lowest BCUT2D eigenvalue weighted by atomic mass is 9.97. The van der Waals surface area contributed by atoms with Crippen LogP contribution in [0.15, 0.2) is 78.9 Å². The first-order chi connectivity index (χ1) is 19.4. The number of fused-ring (bicyclic) bond motifs is 3. The van der Waals surface area contributed by atoms with E-state index in [1.54, 1.807) is 4.90 Å². The molecule has 1 unspecified atom stereocenters. The molecule has 3 aromatic rings. The Bertz CT molecular complexity index is 1320. The Labute approximate surface area is 234 Å². The molecule has 0 radical (unpaired) electrons. The third-order valence-corrected chi connectivity index (χ3v) is 7.81. The molecule has 0 spiro atoms. The third kappa shape index (κ3) is 6.18. The van der Waals surface area contributed by atoms with E-state index in [1.807, 2.05) is 66.5 Å². The molecular formula is C32H35N3O5. The highest BCUT2D eigenvalue weighted by atomic mass is 16.5. The number of alkyl carbamates (subject to hydrolysis) is 1. The number of hydrogen-bond donors (Lipinski definition) is 2. The number of likely N-dealkylation sites (N-methyl/N-ethyl adjacent to an activating group) is 1. The van der Waals surface area contributed by atoms with E-state index in [0.29, 0.717) is 25.9 Å². The van der Waals surface area contributed by atoms with Gasteiger partial charge in [0, 0.05) is 32.1 Å². The number of piperidine rings is 1. The summed E-state index contributed by atoms with van der Waals surface area (Å²) in [6.45, 7) is 1.60. The lowest BCUT2D eigenvalue weighted by Crippen LogP contribution is -2.55. The zero-order valence-electron chi connectivity index (χ0n) is 22.7. The number of carboxylic acids is 1. The predicted molar refractivity (Wildman–Crippen MR) is 152 cm³/mol. The Morgan fingerprint density at radius 1 is 0.975 bits per heavy atom. The maximum atomic E-state index is 13.6. The monoisotopic (exact) mass is 541 g/mol. The van der Waals surface area contributed by atoms with Crippen molar-refractivity contribution in [2.75, 3.05) is 33.3 Å². The number of nitrogens with one attached hydrogen (secondary N) is 1. The van der Waals surface area contributed by atoms with E-state index < -0.39 is 24.0 Å². The van der Waals surface area contributed by atoms with Crippen molar-refractivity contribution in [3.63, 3.8) is 0 Å². The van der Waals surface area contributed by atoms with Crippen LogP contribution in [0.5, 0.6) is 0 Å². The first-order valence-corrected chi connectivity index (χ1v) is 13.8. The largest absolute Gasteiger partial charge is 0.481 e. The first-order valence-electron chi connectivity index (χ1n) is 13.8. The summed E-state index contributed by atoms with van der Waals surface area (Å²) in [7, 11) is 1.89. The van der Waals surface area contributed by atoms with E-state index >= 15 is 0 Å². The van der Waals surface area contributed by atoms with Gasteiger partial charge in [0.25, 0.3) is 0 Å². The van der Waals surface area contributed by atoms with Gasteiger partial charge in [-0.1, -0.05) is 78.9 Å². The molecule has 2 N–H and O–H groups in total. The van der Waals surface area contributed by atoms with Crippen LogP contribution in [0.1, 0.15) is 35.4 Å². The summed E-state index contributed by atoms with van der Waals surface area (Å²) in [5, 5.41) is 12.3. The minimum atomic E-state index is -0.903. The van der Waals surface area contributed by atoms with Gasteiger partial charge in [-0.05, 0) is 47.7 Å². The lowest BCUT2D eigenvalue weighted by Gasteiger charge is -2.34. The minimum absolute atomic E-state index is 0.0912. The van der Waals surface area contributed by atoms with Crippen LogP contribution in [-0.2, 0) is 20.9 Å². The van der Waals surface area contributed by atoms with Crippen LogP contribution >= 0.6 is 0 Å². The Morgan fingerprint density at radius 2 is 1.60 bits per heavy atom. The van der Waals surface area contributed by atoms with Gasteiger partial charge in [-0.3, -0.25) is 14.5 Å². The highest BCUT2D eigenvalue weighted by Crippen LogP contribution is 2.44. The van der Waals surface area contributed by atoms with E-state index in [-0.39, 0.29) is 31.5 Å². The van der Waals surface area contributed by atoms with E-state index in [1.165, 1.54) is 0 Å². The molecule has 1 fully saturated rings. The molecule has 40 heavy (non-hydrogen) atoms. The highest BCUT2D eigenvalue weighted by molar-refractivity contribution is 5.87. The number of benzene rings is 3. The standard InChI is InChI=1S/C32H35N3O5/c1-34(18-22-10-3-2-4-11-22)20-29(30(36)35-17-9-12-23(19-35)31(37)38)33-32(39)40-21-28-26-15-7-5-13-24(26)25-14-6-8-16-27(25)28/h2-8,10-11,13-16,23,28-29H,9,12,17-21H2,1H3,(H,33,39)(H,37,38)/t23-,29?/m1/s1. The van der Waals surface area contributed by atoms with Crippen molar-refractivity contribution >= 4 is 18.0 Å². The molecule has 2 atom stereocenters. The predicted octanol–water partition coefficient (Wildman–Crippen LogP) is 4.35. The second-order valence-electron chi connectivity index (χ2n) is 10.7. The van der Waals surface area contributed by atoms with Crippen molar-refractivity contribution in [2.24, 2.45) is 5.92 Å². The molecule has 8 heteroatoms. The van der Waals surface area contributed by atoms with E-state index in [4.69, 9.17) is 4.74 Å². The van der Waals surface area contributed by atoms with Crippen LogP contribution in [-0.4, -0.2) is 72.2 Å². The van der Waals surface area contributed by atoms with E-state index in [9.17, 15) is 19.5 Å². The smallest absolute Gasteiger partial charge is 0.407 e. The molecular weight excluding hydrogens is 506 g/mol. The van der Waals surface area contributed by atoms with Crippen LogP contribution < -0.4 is 5.32 Å². The molecule has 5 rings (SSSR count). The van der Waals surface area contributed by atoms with Crippen LogP contribution in [0.25, 0.3) is 11.1 Å². The van der Waals surface area contributed by atoms with Gasteiger partial charge in [-0.25, -0.2) is 4.79 Å². The van der Waals surface area contributed by atoms with Crippen molar-refractivity contribution in [1.29, 1.82) is 0 Å². The molecule has 1 aliphatic carbocycles. The fourth-order valence-corrected chi connectivity index (χ4v) is 5.84. The quantitative estimate of drug-likeness (QED) is 0.418. The summed E-state index contributed by atoms with van der Waals surface area (Å²) in [6.07, 6.45) is 0.484. The fraction of sp³-hybridized carbons (Fsp3) is 0.344. The summed E-state index contributed by atoms with van der Waals surface area (Å²) in [6, 6.07) is 25.2. The minimum Gasteiger partial charge on any atom is -0.481 e. The van der Waals surface area contributed by atoms with Gasteiger partial charge in [0.1, 0.15) is 12.6 Å². The van der Waals surface area contributed by atoms with Crippen molar-refractivity contribution < 1.29 is 24.2 Å². The zero-order valence-corrected chi connectivity index (χ0v) is 22.7. The lowest BCUT2D eigenvalue weighted by molar-refractivity contribution is -0.146. The number of hydrogen-bond acceptors (Lipinski definition) is 5. The maximum absolute atomic E-state index is 13.6. The van der Waals surface area contributed by atoms with E-state index in [2.05, 4.69) is 29.6 Å². The second-order valence-corrected chi connectivity index (χ2v) is 10.7. The SMILES string of the molecule is CN(Cc1ccccc1)CC(NC(=O)OCC1c2ccccc2-c2ccccc21)C(=O)N1CCC[C@@H](C(=O)O)C1. The highest BCUT2D eigenvalue weighted by Gasteiger charge is 2.34. The Hall–Kier alpha value is -4.17. The summed E-state index contributed by atoms with van der Waals surface area (Å²) in [4.78, 5) is 41.9. The van der Waals surface area contributed by atoms with Crippen LogP contribution in [0.4, 0.5) is 4.79 Å². The van der Waals surface area contributed by atoms with Gasteiger partial charge in [0.2, 0.25) is 5.91 Å². The number of aliphatic carboxylic acids is 1. The molecule has 2 amide bonds. The van der Waals surface area contributed by atoms with Gasteiger partial charge in [0.05, 0.1) is 5.92 Å². The Balaban J connectivity index is 1.28. The van der Waals surface area contributed by atoms with Gasteiger partial charge < -0.3 is 20.1 Å². The molecule has 1 saturated heterocycles. The molecule has 0 aromatic heterocycles. The topological polar surface area (TPSA) is 99.2 Å². The number of nitrogens with zero attached hydrogens (tertiary/aromatic N) is 2. The summed E-state index contributed by atoms with van der Waals surface area (Å²) >= 11 is 0. The van der Waals surface area contributed by atoms with Gasteiger partial charge >= 0.3 is 12.1 Å². The van der Waals surface area contributed by atoms with Crippen LogP contribution in [0, 0.1) is 5.92 Å².